The molecular formula is C2H4N4O3. The van der Waals surface area contributed by atoms with Gasteiger partial charge >= 0.3 is 0 Å². The zero-order valence-corrected chi connectivity index (χ0v) is 4.30. The van der Waals surface area contributed by atoms with E-state index in [4.69, 9.17) is 10.1 Å². The molecule has 0 aliphatic rings. The Morgan fingerprint density at radius 3 is 2.00 bits per heavy atom. The predicted octanol–water partition coefficient (Wildman–Crippen LogP) is -0.794. The fourth-order valence-corrected chi connectivity index (χ4v) is 0.136. The molecule has 1 aromatic rings. The molecule has 1 rings (SSSR count). The Morgan fingerprint density at radius 2 is 1.89 bits per heavy atom. The van der Waals surface area contributed by atoms with Crippen LogP contribution in [0.3, 0.4) is 0 Å². The second kappa shape index (κ2) is 4.50. The van der Waals surface area contributed by atoms with Gasteiger partial charge < -0.3 is 0 Å². The van der Waals surface area contributed by atoms with Gasteiger partial charge in [-0.1, -0.05) is 10.3 Å². The zero-order chi connectivity index (χ0) is 7.11. The highest BCUT2D eigenvalue weighted by Gasteiger charge is 1.61. The normalized spacial score (nSPS) is 7.11. The maximum absolute atomic E-state index is 8.58. The molecule has 0 unspecified atom stereocenters. The first kappa shape index (κ1) is 7.34. The molecule has 2 N–H and O–H groups in total. The zero-order valence-electron chi connectivity index (χ0n) is 4.30. The van der Waals surface area contributed by atoms with Crippen LogP contribution in [0.15, 0.2) is 17.0 Å². The van der Waals surface area contributed by atoms with Gasteiger partial charge in [0.1, 0.15) is 0 Å². The molecule has 0 bridgehead atoms. The summed E-state index contributed by atoms with van der Waals surface area (Å²) in [5.74, 6) is 3.83. The van der Waals surface area contributed by atoms with Gasteiger partial charge in [-0.05, 0) is 0 Å². The van der Waals surface area contributed by atoms with Gasteiger partial charge in [-0.25, -0.2) is 14.7 Å². The van der Waals surface area contributed by atoms with E-state index in [1.807, 2.05) is 0 Å². The van der Waals surface area contributed by atoms with Crippen LogP contribution in [0.4, 0.5) is 0 Å². The topological polar surface area (TPSA) is 108 Å². The van der Waals surface area contributed by atoms with E-state index in [0.717, 1.165) is 0 Å². The maximum atomic E-state index is 8.58. The van der Waals surface area contributed by atoms with Gasteiger partial charge in [0.2, 0.25) is 0 Å². The third kappa shape index (κ3) is 10.7. The van der Waals surface area contributed by atoms with Crippen LogP contribution in [-0.4, -0.2) is 15.3 Å². The molecule has 1 aromatic heterocycles. The van der Waals surface area contributed by atoms with Crippen molar-refractivity contribution < 1.29 is 9.66 Å². The van der Waals surface area contributed by atoms with Crippen LogP contribution in [0.2, 0.25) is 0 Å². The van der Waals surface area contributed by atoms with Crippen LogP contribution >= 0.6 is 0 Å². The van der Waals surface area contributed by atoms with E-state index in [0.29, 0.717) is 0 Å². The number of nitrogens with zero attached hydrogens (tertiary/aromatic N) is 3. The predicted molar refractivity (Wildman–Crippen MR) is 25.5 cm³/mol. The highest BCUT2D eigenvalue weighted by molar-refractivity contribution is 4.51. The Balaban J connectivity index is 0.000000148. The number of aromatic nitrogens is 2. The van der Waals surface area contributed by atoms with Crippen molar-refractivity contribution in [2.45, 2.75) is 0 Å². The molecule has 0 spiro atoms. The molecule has 0 fully saturated rings. The number of hydrazine groups is 1. The molecule has 1 heterocycles. The number of hydrogen-bond acceptors (Lipinski definition) is 5. The van der Waals surface area contributed by atoms with Crippen molar-refractivity contribution in [1.29, 1.82) is 0 Å². The summed E-state index contributed by atoms with van der Waals surface area (Å²) in [5, 5.41) is 14.1. The number of nitro groups is 1. The van der Waals surface area contributed by atoms with Crippen molar-refractivity contribution in [3.8, 4) is 0 Å². The van der Waals surface area contributed by atoms with Crippen molar-refractivity contribution in [3.63, 3.8) is 0 Å². The lowest BCUT2D eigenvalue weighted by Crippen LogP contribution is -2.04. The first-order valence-corrected chi connectivity index (χ1v) is 1.84. The van der Waals surface area contributed by atoms with Crippen LogP contribution in [0.5, 0.6) is 0 Å². The third-order valence-electron chi connectivity index (χ3n) is 0.283. The lowest BCUT2D eigenvalue weighted by Gasteiger charge is -1.61. The molecular weight excluding hydrogens is 128 g/mol. The van der Waals surface area contributed by atoms with Crippen LogP contribution in [-0.2, 0) is 0 Å². The maximum Gasteiger partial charge on any atom is 0.154 e. The van der Waals surface area contributed by atoms with Crippen molar-refractivity contribution in [2.24, 2.45) is 5.84 Å². The Morgan fingerprint density at radius 1 is 1.56 bits per heavy atom. The lowest BCUT2D eigenvalue weighted by atomic mass is 11.0. The number of rotatable bonds is 0. The van der Waals surface area contributed by atoms with Gasteiger partial charge in [0.25, 0.3) is 0 Å². The molecule has 0 amide bonds. The van der Waals surface area contributed by atoms with E-state index < -0.39 is 5.03 Å². The fourth-order valence-electron chi connectivity index (χ4n) is 0.136. The quantitative estimate of drug-likeness (QED) is 0.281. The highest BCUT2D eigenvalue weighted by Crippen LogP contribution is 1.62. The second-order valence-electron chi connectivity index (χ2n) is 0.876. The molecule has 0 saturated carbocycles. The summed E-state index contributed by atoms with van der Waals surface area (Å²) in [5.41, 5.74) is 0. The van der Waals surface area contributed by atoms with Gasteiger partial charge in [0.15, 0.2) is 5.03 Å². The monoisotopic (exact) mass is 132 g/mol. The Labute approximate surface area is 49.5 Å². The van der Waals surface area contributed by atoms with Crippen molar-refractivity contribution in [1.82, 2.24) is 10.3 Å². The van der Waals surface area contributed by atoms with Crippen LogP contribution < -0.4 is 5.84 Å². The van der Waals surface area contributed by atoms with Crippen molar-refractivity contribution in [2.75, 3.05) is 0 Å². The summed E-state index contributed by atoms with van der Waals surface area (Å²) in [6.07, 6.45) is 2.94. The molecule has 0 aliphatic heterocycles. The summed E-state index contributed by atoms with van der Waals surface area (Å²) in [4.78, 5) is 8.58. The summed E-state index contributed by atoms with van der Waals surface area (Å²) in [6, 6.07) is 0. The van der Waals surface area contributed by atoms with Gasteiger partial charge in [-0.2, -0.15) is 5.84 Å². The second-order valence-corrected chi connectivity index (χ2v) is 0.876. The van der Waals surface area contributed by atoms with Crippen molar-refractivity contribution >= 4 is 0 Å². The number of nitrogens with two attached hydrogens (primary N) is 1. The highest BCUT2D eigenvalue weighted by atomic mass is 16.7. The first-order chi connectivity index (χ1) is 4.23. The average Bonchev–Trinajstić information content (AvgIpc) is 2.11. The van der Waals surface area contributed by atoms with Crippen LogP contribution in [0.25, 0.3) is 0 Å². The van der Waals surface area contributed by atoms with Gasteiger partial charge in [-0.3, -0.25) is 0 Å². The SMILES string of the molecule is N[N+](=O)[O-].c1cnon1. The Kier molecular flexibility index (Phi) is 3.67. The molecule has 7 heteroatoms. The third-order valence-corrected chi connectivity index (χ3v) is 0.283. The van der Waals surface area contributed by atoms with Crippen LogP contribution in [0.1, 0.15) is 0 Å². The minimum Gasteiger partial charge on any atom is -0.245 e. The molecule has 0 radical (unpaired) electrons. The largest absolute Gasteiger partial charge is 0.245 e. The van der Waals surface area contributed by atoms with Gasteiger partial charge in [0.05, 0.1) is 12.4 Å². The average molecular weight is 132 g/mol. The standard InChI is InChI=1S/C2H2N2O.H2N2O2/c1-2-4-5-3-1;1-2(3)4/h1-2H;1H2. The Hall–Kier alpha value is -1.66. The molecule has 0 aromatic carbocycles. The molecule has 9 heavy (non-hydrogen) atoms. The van der Waals surface area contributed by atoms with Crippen LogP contribution in [0, 0.1) is 10.1 Å². The van der Waals surface area contributed by atoms with E-state index in [2.05, 4.69) is 20.8 Å². The molecule has 0 atom stereocenters. The van der Waals surface area contributed by atoms with Gasteiger partial charge in [-0.15, -0.1) is 0 Å². The summed E-state index contributed by atoms with van der Waals surface area (Å²) < 4.78 is 4.08. The molecule has 50 valence electrons. The molecule has 0 aliphatic carbocycles. The van der Waals surface area contributed by atoms with E-state index in [-0.39, 0.29) is 0 Å². The van der Waals surface area contributed by atoms with Crippen molar-refractivity contribution in [3.05, 3.63) is 22.5 Å². The van der Waals surface area contributed by atoms with Gasteiger partial charge in [0, 0.05) is 0 Å². The summed E-state index contributed by atoms with van der Waals surface area (Å²) >= 11 is 0. The number of hydrogen-bond donors (Lipinski definition) is 1. The lowest BCUT2D eigenvalue weighted by molar-refractivity contribution is -0.491. The first-order valence-electron chi connectivity index (χ1n) is 1.84. The summed E-state index contributed by atoms with van der Waals surface area (Å²) in [6.45, 7) is 0. The minimum absolute atomic E-state index is 1.00. The minimum atomic E-state index is -1.00. The molecule has 0 saturated heterocycles. The molecule has 7 nitrogen and oxygen atoms in total. The summed E-state index contributed by atoms with van der Waals surface area (Å²) in [7, 11) is 0. The van der Waals surface area contributed by atoms with E-state index in [9.17, 15) is 0 Å². The van der Waals surface area contributed by atoms with E-state index >= 15 is 0 Å². The fraction of sp³-hybridized carbons (Fsp3) is 0. The smallest absolute Gasteiger partial charge is 0.154 e. The van der Waals surface area contributed by atoms with E-state index in [1.54, 1.807) is 0 Å². The Bertz CT molecular complexity index is 128. The van der Waals surface area contributed by atoms with E-state index in [1.165, 1.54) is 12.4 Å².